The number of piperazine rings is 1. The van der Waals surface area contributed by atoms with Gasteiger partial charge in [0.2, 0.25) is 22.6 Å². The molecular formula is C37H39F3N10O6S. The number of fused-ring (bicyclic) bond motifs is 1. The summed E-state index contributed by atoms with van der Waals surface area (Å²) >= 11 is 0. The maximum absolute atomic E-state index is 15.9. The zero-order valence-corrected chi connectivity index (χ0v) is 31.8. The summed E-state index contributed by atoms with van der Waals surface area (Å²) < 4.78 is 75.3. The van der Waals surface area contributed by atoms with Gasteiger partial charge in [0.05, 0.1) is 12.1 Å². The number of aliphatic carboxylic acids is 1. The number of pyridine rings is 1. The predicted molar refractivity (Wildman–Crippen MR) is 202 cm³/mol. The van der Waals surface area contributed by atoms with Crippen molar-refractivity contribution in [1.82, 2.24) is 35.0 Å². The third kappa shape index (κ3) is 7.27. The molecule has 7 heterocycles. The third-order valence-corrected chi connectivity index (χ3v) is 11.6. The van der Waals surface area contributed by atoms with Crippen molar-refractivity contribution in [3.63, 3.8) is 0 Å². The summed E-state index contributed by atoms with van der Waals surface area (Å²) in [5.41, 5.74) is -0.224. The van der Waals surface area contributed by atoms with Crippen molar-refractivity contribution in [3.05, 3.63) is 77.6 Å². The van der Waals surface area contributed by atoms with E-state index in [2.05, 4.69) is 39.8 Å². The molecule has 3 saturated heterocycles. The Bertz CT molecular complexity index is 2390. The lowest BCUT2D eigenvalue weighted by atomic mass is 9.93. The minimum Gasteiger partial charge on any atom is -0.481 e. The van der Waals surface area contributed by atoms with Gasteiger partial charge in [-0.15, -0.1) is 0 Å². The number of rotatable bonds is 12. The number of ketones is 1. The van der Waals surface area contributed by atoms with Crippen molar-refractivity contribution in [1.29, 1.82) is 0 Å². The first-order valence-electron chi connectivity index (χ1n) is 18.5. The van der Waals surface area contributed by atoms with Gasteiger partial charge in [-0.2, -0.15) is 4.41 Å². The highest BCUT2D eigenvalue weighted by Crippen LogP contribution is 2.34. The standard InChI is InChI=1S/C37H39F3N10O6S/c1-20(2)31(36(52)53)29-12-30(45-56-29)48-18-24(19-48)46-7-9-47(10-8-46)37-43-14-22(15-44-37)21-11-25-26(16-42-35(25)41-13-21)34(51)32-27(39)3-4-28(33(32)40)50(57(54)55)49-6-5-23(38)17-49/h3-4,11-16,20,23-24,31,57H,5-10,17-19H2,1-2H3,(H,41,42)(H,52,53)/t23-,31?/m1/s1. The number of aromatic nitrogens is 5. The van der Waals surface area contributed by atoms with Crippen molar-refractivity contribution in [2.75, 3.05) is 66.6 Å². The van der Waals surface area contributed by atoms with E-state index >= 15 is 8.78 Å². The molecule has 3 fully saturated rings. The highest BCUT2D eigenvalue weighted by atomic mass is 32.2. The number of benzene rings is 1. The first-order chi connectivity index (χ1) is 27.4. The summed E-state index contributed by atoms with van der Waals surface area (Å²) in [6.45, 7) is 7.86. The Labute approximate surface area is 325 Å². The second-order valence-corrected chi connectivity index (χ2v) is 15.6. The molecule has 8 rings (SSSR count). The fourth-order valence-corrected chi connectivity index (χ4v) is 8.41. The van der Waals surface area contributed by atoms with Gasteiger partial charge in [0.1, 0.15) is 29.2 Å². The van der Waals surface area contributed by atoms with Crippen LogP contribution in [0, 0.1) is 17.6 Å². The Morgan fingerprint density at radius 2 is 1.68 bits per heavy atom. The molecule has 0 radical (unpaired) electrons. The number of hydrogen-bond donors (Lipinski definition) is 3. The normalized spacial score (nSPS) is 18.8. The van der Waals surface area contributed by atoms with Crippen molar-refractivity contribution >= 4 is 51.1 Å². The van der Waals surface area contributed by atoms with E-state index < -0.39 is 57.6 Å². The van der Waals surface area contributed by atoms with Crippen LogP contribution >= 0.6 is 0 Å². The van der Waals surface area contributed by atoms with Crippen molar-refractivity contribution < 1.29 is 40.8 Å². The number of hydrogen-bond acceptors (Lipinski definition) is 13. The van der Waals surface area contributed by atoms with Crippen LogP contribution in [0.2, 0.25) is 0 Å². The first-order valence-corrected chi connectivity index (χ1v) is 19.6. The maximum atomic E-state index is 15.9. The van der Waals surface area contributed by atoms with Crippen LogP contribution in [-0.4, -0.2) is 125 Å². The minimum absolute atomic E-state index is 0.00499. The van der Waals surface area contributed by atoms with E-state index in [1.807, 2.05) is 13.8 Å². The van der Waals surface area contributed by atoms with E-state index in [1.165, 1.54) is 6.20 Å². The van der Waals surface area contributed by atoms with Crippen LogP contribution in [-0.2, 0) is 15.7 Å². The number of aromatic amines is 1. The molecule has 0 saturated carbocycles. The number of carboxylic acid groups (broad SMARTS) is 1. The van der Waals surface area contributed by atoms with Gasteiger partial charge in [-0.3, -0.25) is 14.5 Å². The van der Waals surface area contributed by atoms with Gasteiger partial charge in [0.25, 0.3) is 0 Å². The van der Waals surface area contributed by atoms with Crippen LogP contribution in [0.15, 0.2) is 53.6 Å². The van der Waals surface area contributed by atoms with Gasteiger partial charge < -0.3 is 24.4 Å². The van der Waals surface area contributed by atoms with E-state index in [4.69, 9.17) is 4.52 Å². The first kappa shape index (κ1) is 38.3. The van der Waals surface area contributed by atoms with Crippen LogP contribution in [0.1, 0.15) is 47.9 Å². The zero-order chi connectivity index (χ0) is 40.1. The molecule has 2 atom stereocenters. The van der Waals surface area contributed by atoms with Crippen molar-refractivity contribution in [3.8, 4) is 11.1 Å². The Morgan fingerprint density at radius 3 is 2.33 bits per heavy atom. The van der Waals surface area contributed by atoms with Crippen LogP contribution in [0.4, 0.5) is 30.6 Å². The molecule has 0 aliphatic carbocycles. The number of carbonyl (C=O) groups excluding carboxylic acids is 1. The molecule has 0 spiro atoms. The number of carbonyl (C=O) groups is 2. The smallest absolute Gasteiger partial charge is 0.314 e. The van der Waals surface area contributed by atoms with Crippen molar-refractivity contribution in [2.45, 2.75) is 38.4 Å². The molecule has 300 valence electrons. The number of anilines is 3. The summed E-state index contributed by atoms with van der Waals surface area (Å²) in [5, 5.41) is 15.1. The van der Waals surface area contributed by atoms with Crippen LogP contribution in [0.5, 0.6) is 0 Å². The van der Waals surface area contributed by atoms with Gasteiger partial charge in [-0.1, -0.05) is 19.0 Å². The second-order valence-electron chi connectivity index (χ2n) is 14.7. The quantitative estimate of drug-likeness (QED) is 0.123. The number of carboxylic acids is 1. The molecule has 1 unspecified atom stereocenters. The Morgan fingerprint density at radius 1 is 0.965 bits per heavy atom. The van der Waals surface area contributed by atoms with E-state index in [9.17, 15) is 27.5 Å². The number of alkyl halides is 1. The monoisotopic (exact) mass is 808 g/mol. The SMILES string of the molecule is CC(C)C(C(=O)O)c1cc(N2CC(N3CCN(c4ncc(-c5cnc6[nH]cc(C(=O)c7c(F)ccc(N(N8CC[C@@H](F)C8)[SH](=O)=O)c7F)c6c5)cn4)CC3)C2)no1. The van der Waals surface area contributed by atoms with E-state index in [0.717, 1.165) is 43.3 Å². The Balaban J connectivity index is 0.923. The lowest BCUT2D eigenvalue weighted by molar-refractivity contribution is -0.140. The minimum atomic E-state index is -3.49. The molecule has 3 aliphatic heterocycles. The van der Waals surface area contributed by atoms with Crippen LogP contribution in [0.25, 0.3) is 22.2 Å². The van der Waals surface area contributed by atoms with Crippen molar-refractivity contribution in [2.24, 2.45) is 5.92 Å². The number of nitrogens with one attached hydrogen (secondary N) is 1. The van der Waals surface area contributed by atoms with Gasteiger partial charge in [0, 0.05) is 105 Å². The molecule has 5 aromatic rings. The molecule has 16 nitrogen and oxygen atoms in total. The van der Waals surface area contributed by atoms with Crippen LogP contribution in [0.3, 0.4) is 0 Å². The lowest BCUT2D eigenvalue weighted by Gasteiger charge is -2.48. The van der Waals surface area contributed by atoms with E-state index in [-0.39, 0.29) is 42.0 Å². The summed E-state index contributed by atoms with van der Waals surface area (Å²) in [4.78, 5) is 48.4. The molecule has 57 heavy (non-hydrogen) atoms. The lowest BCUT2D eigenvalue weighted by Crippen LogP contribution is -2.63. The zero-order valence-electron chi connectivity index (χ0n) is 30.9. The Kier molecular flexibility index (Phi) is 10.3. The molecule has 4 aromatic heterocycles. The number of hydrazine groups is 1. The topological polar surface area (TPSA) is 185 Å². The number of H-pyrrole nitrogens is 1. The largest absolute Gasteiger partial charge is 0.481 e. The summed E-state index contributed by atoms with van der Waals surface area (Å²) in [5.74, 6) is -3.89. The molecular weight excluding hydrogens is 770 g/mol. The van der Waals surface area contributed by atoms with Gasteiger partial charge in [-0.25, -0.2) is 41.5 Å². The fraction of sp³-hybridized carbons (Fsp3) is 0.405. The predicted octanol–water partition coefficient (Wildman–Crippen LogP) is 3.64. The average Bonchev–Trinajstić information content (AvgIpc) is 3.92. The molecule has 0 bridgehead atoms. The molecule has 3 aliphatic rings. The number of nitrogens with zero attached hydrogens (tertiary/aromatic N) is 9. The van der Waals surface area contributed by atoms with Gasteiger partial charge in [0.15, 0.2) is 17.4 Å². The average molecular weight is 809 g/mol. The highest BCUT2D eigenvalue weighted by molar-refractivity contribution is 7.73. The Hall–Kier alpha value is -5.60. The summed E-state index contributed by atoms with van der Waals surface area (Å²) in [6.07, 6.45) is 4.83. The number of thiol groups is 1. The van der Waals surface area contributed by atoms with E-state index in [0.29, 0.717) is 52.2 Å². The summed E-state index contributed by atoms with van der Waals surface area (Å²) in [7, 11) is -3.49. The fourth-order valence-electron chi connectivity index (χ4n) is 7.71. The highest BCUT2D eigenvalue weighted by Gasteiger charge is 2.37. The third-order valence-electron chi connectivity index (χ3n) is 10.8. The second kappa shape index (κ2) is 15.4. The molecule has 20 heteroatoms. The molecule has 0 amide bonds. The number of halogens is 3. The van der Waals surface area contributed by atoms with E-state index in [1.54, 1.807) is 30.7 Å². The molecule has 2 N–H and O–H groups in total. The maximum Gasteiger partial charge on any atom is 0.314 e. The summed E-state index contributed by atoms with van der Waals surface area (Å²) in [6, 6.07) is 5.39. The van der Waals surface area contributed by atoms with Crippen LogP contribution < -0.4 is 14.2 Å². The van der Waals surface area contributed by atoms with Gasteiger partial charge >= 0.3 is 5.97 Å². The molecule has 1 aromatic carbocycles. The van der Waals surface area contributed by atoms with Gasteiger partial charge in [-0.05, 0) is 30.5 Å².